The standard InChI is InChI=1S/C11H15NO3/c1-12-9(7-11(13)14)8-5-3-4-6-10(8)15-2/h3-6,9,12H,7H2,1-2H3,(H,13,14). The Morgan fingerprint density at radius 2 is 2.20 bits per heavy atom. The average Bonchev–Trinajstić information content (AvgIpc) is 2.25. The maximum atomic E-state index is 10.7. The molecule has 1 atom stereocenters. The number of para-hydroxylation sites is 1. The summed E-state index contributed by atoms with van der Waals surface area (Å²) in [7, 11) is 3.31. The third-order valence-corrected chi connectivity index (χ3v) is 2.24. The Morgan fingerprint density at radius 3 is 2.73 bits per heavy atom. The van der Waals surface area contributed by atoms with Gasteiger partial charge in [-0.05, 0) is 13.1 Å². The molecule has 4 heteroatoms. The van der Waals surface area contributed by atoms with Crippen LogP contribution in [0.3, 0.4) is 0 Å². The molecular formula is C11H15NO3. The average molecular weight is 209 g/mol. The van der Waals surface area contributed by atoms with Gasteiger partial charge in [0.05, 0.1) is 13.5 Å². The molecule has 2 N–H and O–H groups in total. The number of nitrogens with one attached hydrogen (secondary N) is 1. The van der Waals surface area contributed by atoms with Crippen molar-refractivity contribution >= 4 is 5.97 Å². The number of methoxy groups -OCH3 is 1. The fourth-order valence-electron chi connectivity index (χ4n) is 1.50. The predicted molar refractivity (Wildman–Crippen MR) is 57.0 cm³/mol. The summed E-state index contributed by atoms with van der Waals surface area (Å²) in [5.41, 5.74) is 0.866. The van der Waals surface area contributed by atoms with E-state index in [-0.39, 0.29) is 12.5 Å². The van der Waals surface area contributed by atoms with Crippen LogP contribution in [0.1, 0.15) is 18.0 Å². The highest BCUT2D eigenvalue weighted by molar-refractivity contribution is 5.68. The van der Waals surface area contributed by atoms with Gasteiger partial charge >= 0.3 is 5.97 Å². The van der Waals surface area contributed by atoms with Crippen LogP contribution >= 0.6 is 0 Å². The zero-order valence-electron chi connectivity index (χ0n) is 8.86. The number of hydrogen-bond acceptors (Lipinski definition) is 3. The van der Waals surface area contributed by atoms with Gasteiger partial charge in [0.2, 0.25) is 0 Å². The number of aliphatic carboxylic acids is 1. The first-order valence-corrected chi connectivity index (χ1v) is 4.71. The Hall–Kier alpha value is -1.55. The van der Waals surface area contributed by atoms with Gasteiger partial charge in [0, 0.05) is 11.6 Å². The maximum Gasteiger partial charge on any atom is 0.305 e. The van der Waals surface area contributed by atoms with Crippen LogP contribution in [0.15, 0.2) is 24.3 Å². The minimum absolute atomic E-state index is 0.0386. The van der Waals surface area contributed by atoms with Gasteiger partial charge in [0.15, 0.2) is 0 Å². The highest BCUT2D eigenvalue weighted by Crippen LogP contribution is 2.26. The van der Waals surface area contributed by atoms with Gasteiger partial charge < -0.3 is 15.2 Å². The van der Waals surface area contributed by atoms with E-state index in [1.807, 2.05) is 24.3 Å². The highest BCUT2D eigenvalue weighted by Gasteiger charge is 2.16. The van der Waals surface area contributed by atoms with E-state index in [4.69, 9.17) is 9.84 Å². The first-order valence-electron chi connectivity index (χ1n) is 4.71. The van der Waals surface area contributed by atoms with Crippen molar-refractivity contribution in [3.8, 4) is 5.75 Å². The van der Waals surface area contributed by atoms with Crippen LogP contribution in [0, 0.1) is 0 Å². The Morgan fingerprint density at radius 1 is 1.53 bits per heavy atom. The molecule has 0 aromatic heterocycles. The Balaban J connectivity index is 2.95. The van der Waals surface area contributed by atoms with Gasteiger partial charge in [-0.25, -0.2) is 0 Å². The zero-order chi connectivity index (χ0) is 11.3. The van der Waals surface area contributed by atoms with Crippen LogP contribution in [0.4, 0.5) is 0 Å². The number of carboxylic acids is 1. The monoisotopic (exact) mass is 209 g/mol. The molecular weight excluding hydrogens is 194 g/mol. The second kappa shape index (κ2) is 5.36. The Kier molecular flexibility index (Phi) is 4.12. The third kappa shape index (κ3) is 2.95. The van der Waals surface area contributed by atoms with E-state index in [1.54, 1.807) is 14.2 Å². The molecule has 15 heavy (non-hydrogen) atoms. The summed E-state index contributed by atoms with van der Waals surface area (Å²) >= 11 is 0. The molecule has 1 rings (SSSR count). The van der Waals surface area contributed by atoms with E-state index < -0.39 is 5.97 Å². The molecule has 1 aromatic rings. The molecule has 0 amide bonds. The first kappa shape index (κ1) is 11.5. The molecule has 0 radical (unpaired) electrons. The molecule has 0 fully saturated rings. The molecule has 0 saturated carbocycles. The summed E-state index contributed by atoms with van der Waals surface area (Å²) in [6.07, 6.45) is 0.0386. The lowest BCUT2D eigenvalue weighted by Gasteiger charge is -2.17. The molecule has 1 unspecified atom stereocenters. The van der Waals surface area contributed by atoms with Crippen LogP contribution in [-0.2, 0) is 4.79 Å². The lowest BCUT2D eigenvalue weighted by atomic mass is 10.0. The summed E-state index contributed by atoms with van der Waals surface area (Å²) in [4.78, 5) is 10.7. The summed E-state index contributed by atoms with van der Waals surface area (Å²) in [5, 5.41) is 11.7. The molecule has 0 aliphatic carbocycles. The smallest absolute Gasteiger partial charge is 0.305 e. The van der Waals surface area contributed by atoms with Gasteiger partial charge in [-0.2, -0.15) is 0 Å². The molecule has 0 spiro atoms. The summed E-state index contributed by atoms with van der Waals surface area (Å²) in [6.45, 7) is 0. The SMILES string of the molecule is CNC(CC(=O)O)c1ccccc1OC. The summed E-state index contributed by atoms with van der Waals surface area (Å²) < 4.78 is 5.18. The summed E-state index contributed by atoms with van der Waals surface area (Å²) in [6, 6.07) is 7.18. The second-order valence-corrected chi connectivity index (χ2v) is 3.18. The van der Waals surface area contributed by atoms with E-state index in [1.165, 1.54) is 0 Å². The molecule has 0 aliphatic rings. The van der Waals surface area contributed by atoms with Crippen LogP contribution in [-0.4, -0.2) is 25.2 Å². The number of carboxylic acid groups (broad SMARTS) is 1. The molecule has 0 bridgehead atoms. The number of ether oxygens (including phenoxy) is 1. The van der Waals surface area contributed by atoms with E-state index in [2.05, 4.69) is 5.32 Å². The van der Waals surface area contributed by atoms with E-state index in [0.717, 1.165) is 5.56 Å². The number of rotatable bonds is 5. The van der Waals surface area contributed by atoms with Gasteiger partial charge in [-0.15, -0.1) is 0 Å². The molecule has 0 saturated heterocycles. The number of benzene rings is 1. The van der Waals surface area contributed by atoms with E-state index in [9.17, 15) is 4.79 Å². The lowest BCUT2D eigenvalue weighted by molar-refractivity contribution is -0.137. The van der Waals surface area contributed by atoms with Crippen molar-refractivity contribution in [3.05, 3.63) is 29.8 Å². The van der Waals surface area contributed by atoms with Crippen molar-refractivity contribution in [2.75, 3.05) is 14.2 Å². The number of hydrogen-bond donors (Lipinski definition) is 2. The topological polar surface area (TPSA) is 58.6 Å². The minimum atomic E-state index is -0.833. The summed E-state index contributed by atoms with van der Waals surface area (Å²) in [5.74, 6) is -0.127. The van der Waals surface area contributed by atoms with E-state index in [0.29, 0.717) is 5.75 Å². The lowest BCUT2D eigenvalue weighted by Crippen LogP contribution is -2.20. The van der Waals surface area contributed by atoms with Crippen molar-refractivity contribution in [2.24, 2.45) is 0 Å². The third-order valence-electron chi connectivity index (χ3n) is 2.24. The van der Waals surface area contributed by atoms with Gasteiger partial charge in [0.1, 0.15) is 5.75 Å². The molecule has 0 heterocycles. The van der Waals surface area contributed by atoms with Crippen molar-refractivity contribution in [1.29, 1.82) is 0 Å². The molecule has 1 aromatic carbocycles. The Bertz CT molecular complexity index is 338. The largest absolute Gasteiger partial charge is 0.496 e. The van der Waals surface area contributed by atoms with Crippen molar-refractivity contribution in [1.82, 2.24) is 5.32 Å². The normalized spacial score (nSPS) is 12.1. The Labute approximate surface area is 88.9 Å². The molecule has 4 nitrogen and oxygen atoms in total. The van der Waals surface area contributed by atoms with Crippen LogP contribution < -0.4 is 10.1 Å². The van der Waals surface area contributed by atoms with Gasteiger partial charge in [-0.3, -0.25) is 4.79 Å². The van der Waals surface area contributed by atoms with Gasteiger partial charge in [-0.1, -0.05) is 18.2 Å². The van der Waals surface area contributed by atoms with Crippen molar-refractivity contribution in [2.45, 2.75) is 12.5 Å². The predicted octanol–water partition coefficient (Wildman–Crippen LogP) is 1.43. The van der Waals surface area contributed by atoms with Crippen LogP contribution in [0.25, 0.3) is 0 Å². The quantitative estimate of drug-likeness (QED) is 0.770. The van der Waals surface area contributed by atoms with Crippen LogP contribution in [0.5, 0.6) is 5.75 Å². The molecule has 0 aliphatic heterocycles. The first-order chi connectivity index (χ1) is 7.19. The molecule has 82 valence electrons. The van der Waals surface area contributed by atoms with Crippen molar-refractivity contribution < 1.29 is 14.6 Å². The van der Waals surface area contributed by atoms with Gasteiger partial charge in [0.25, 0.3) is 0 Å². The minimum Gasteiger partial charge on any atom is -0.496 e. The second-order valence-electron chi connectivity index (χ2n) is 3.18. The van der Waals surface area contributed by atoms with E-state index >= 15 is 0 Å². The fraction of sp³-hybridized carbons (Fsp3) is 0.364. The van der Waals surface area contributed by atoms with Crippen LogP contribution in [0.2, 0.25) is 0 Å². The fourth-order valence-corrected chi connectivity index (χ4v) is 1.50. The number of carbonyl (C=O) groups is 1. The highest BCUT2D eigenvalue weighted by atomic mass is 16.5. The maximum absolute atomic E-state index is 10.7. The van der Waals surface area contributed by atoms with Crippen molar-refractivity contribution in [3.63, 3.8) is 0 Å². The zero-order valence-corrected chi connectivity index (χ0v) is 8.86.